The highest BCUT2D eigenvalue weighted by atomic mass is 16.7. The van der Waals surface area contributed by atoms with Crippen LogP contribution in [-0.4, -0.2) is 5.91 Å². The molecule has 4 rings (SSSR count). The van der Waals surface area contributed by atoms with Crippen molar-refractivity contribution in [2.45, 2.75) is 12.8 Å². The summed E-state index contributed by atoms with van der Waals surface area (Å²) in [5.74, 6) is -0.0736. The quantitative estimate of drug-likeness (QED) is 0.713. The van der Waals surface area contributed by atoms with Gasteiger partial charge in [-0.15, -0.1) is 0 Å². The number of nitrogens with one attached hydrogen (secondary N) is 1. The first-order valence-electron chi connectivity index (χ1n) is 8.78. The van der Waals surface area contributed by atoms with Gasteiger partial charge in [-0.2, -0.15) is 0 Å². The maximum atomic E-state index is 12.2. The van der Waals surface area contributed by atoms with Crippen LogP contribution in [0, 0.1) is 0 Å². The maximum absolute atomic E-state index is 12.2. The lowest BCUT2D eigenvalue weighted by Gasteiger charge is -2.11. The highest BCUT2D eigenvalue weighted by molar-refractivity contribution is 5.94. The predicted octanol–water partition coefficient (Wildman–Crippen LogP) is 4.80. The van der Waals surface area contributed by atoms with E-state index < -0.39 is 0 Å². The van der Waals surface area contributed by atoms with Gasteiger partial charge in [-0.3, -0.25) is 4.79 Å². The van der Waals surface area contributed by atoms with Crippen molar-refractivity contribution < 1.29 is 14.3 Å². The van der Waals surface area contributed by atoms with Gasteiger partial charge in [-0.1, -0.05) is 60.7 Å². The fraction of sp³-hybridized carbons (Fsp3) is 0.0870. The van der Waals surface area contributed by atoms with E-state index in [-0.39, 0.29) is 12.2 Å². The van der Waals surface area contributed by atoms with Gasteiger partial charge in [0.15, 0.2) is 0 Å². The van der Waals surface area contributed by atoms with Crippen LogP contribution in [0.2, 0.25) is 0 Å². The normalized spacial score (nSPS) is 13.0. The Hall–Kier alpha value is -3.53. The molecule has 1 aliphatic rings. The van der Waals surface area contributed by atoms with Gasteiger partial charge in [0.05, 0.1) is 0 Å². The molecule has 0 spiro atoms. The largest absolute Gasteiger partial charge is 0.455 e. The fourth-order valence-electron chi connectivity index (χ4n) is 2.96. The Morgan fingerprint density at radius 1 is 0.815 bits per heavy atom. The third kappa shape index (κ3) is 4.01. The van der Waals surface area contributed by atoms with Crippen molar-refractivity contribution in [3.63, 3.8) is 0 Å². The molecule has 1 heterocycles. The van der Waals surface area contributed by atoms with Crippen LogP contribution in [0.5, 0.6) is 0 Å². The molecular formula is C23H19NO3. The second-order valence-corrected chi connectivity index (χ2v) is 6.25. The fourth-order valence-corrected chi connectivity index (χ4v) is 2.96. The van der Waals surface area contributed by atoms with E-state index in [0.717, 1.165) is 22.3 Å². The standard InChI is InChI=1S/C23H19NO3/c25-22(19-6-2-1-3-7-19)24-16-17-5-4-8-21(15-17)18-9-11-20(12-10-18)23-26-13-14-27-23/h1-15,23H,16H2,(H,24,25). The van der Waals surface area contributed by atoms with E-state index in [9.17, 15) is 4.79 Å². The lowest BCUT2D eigenvalue weighted by molar-refractivity contribution is -0.0245. The van der Waals surface area contributed by atoms with Crippen molar-refractivity contribution in [2.24, 2.45) is 0 Å². The molecule has 0 unspecified atom stereocenters. The molecule has 0 aliphatic carbocycles. The minimum absolute atomic E-state index is 0.0736. The lowest BCUT2D eigenvalue weighted by Crippen LogP contribution is -2.22. The summed E-state index contributed by atoms with van der Waals surface area (Å²) in [4.78, 5) is 12.2. The maximum Gasteiger partial charge on any atom is 0.266 e. The number of rotatable bonds is 5. The Labute approximate surface area is 158 Å². The number of carbonyl (C=O) groups is 1. The lowest BCUT2D eigenvalue weighted by atomic mass is 10.0. The Balaban J connectivity index is 1.43. The molecule has 134 valence electrons. The third-order valence-corrected chi connectivity index (χ3v) is 4.39. The monoisotopic (exact) mass is 357 g/mol. The van der Waals surface area contributed by atoms with E-state index >= 15 is 0 Å². The van der Waals surface area contributed by atoms with Gasteiger partial charge in [0.25, 0.3) is 12.2 Å². The second kappa shape index (κ2) is 7.79. The Kier molecular flexibility index (Phi) is 4.88. The average Bonchev–Trinajstić information content (AvgIpc) is 3.28. The first-order chi connectivity index (χ1) is 13.3. The van der Waals surface area contributed by atoms with E-state index in [1.807, 2.05) is 54.6 Å². The van der Waals surface area contributed by atoms with E-state index in [4.69, 9.17) is 9.47 Å². The van der Waals surface area contributed by atoms with E-state index in [1.165, 1.54) is 0 Å². The predicted molar refractivity (Wildman–Crippen MR) is 104 cm³/mol. The summed E-state index contributed by atoms with van der Waals surface area (Å²) >= 11 is 0. The van der Waals surface area contributed by atoms with Crippen LogP contribution in [0.3, 0.4) is 0 Å². The number of benzene rings is 3. The summed E-state index contributed by atoms with van der Waals surface area (Å²) in [6.45, 7) is 0.481. The Bertz CT molecular complexity index is 941. The Morgan fingerprint density at radius 2 is 1.56 bits per heavy atom. The average molecular weight is 357 g/mol. The first kappa shape index (κ1) is 16.9. The number of hydrogen-bond acceptors (Lipinski definition) is 3. The van der Waals surface area contributed by atoms with Crippen molar-refractivity contribution in [1.82, 2.24) is 5.32 Å². The minimum Gasteiger partial charge on any atom is -0.455 e. The summed E-state index contributed by atoms with van der Waals surface area (Å²) in [5.41, 5.74) is 4.87. The molecule has 27 heavy (non-hydrogen) atoms. The molecule has 1 aliphatic heterocycles. The molecule has 0 radical (unpaired) electrons. The van der Waals surface area contributed by atoms with Crippen LogP contribution in [0.25, 0.3) is 11.1 Å². The van der Waals surface area contributed by atoms with Gasteiger partial charge in [-0.05, 0) is 34.9 Å². The summed E-state index contributed by atoms with van der Waals surface area (Å²) in [6.07, 6.45) is 2.73. The summed E-state index contributed by atoms with van der Waals surface area (Å²) in [5, 5.41) is 2.96. The highest BCUT2D eigenvalue weighted by Crippen LogP contribution is 2.27. The van der Waals surface area contributed by atoms with Crippen molar-refractivity contribution in [2.75, 3.05) is 0 Å². The van der Waals surface area contributed by atoms with Gasteiger partial charge in [0.1, 0.15) is 12.5 Å². The number of ether oxygens (including phenoxy) is 2. The molecule has 0 fully saturated rings. The zero-order valence-electron chi connectivity index (χ0n) is 14.7. The summed E-state index contributed by atoms with van der Waals surface area (Å²) in [7, 11) is 0. The van der Waals surface area contributed by atoms with E-state index in [2.05, 4.69) is 17.4 Å². The van der Waals surface area contributed by atoms with Crippen LogP contribution in [0.1, 0.15) is 27.8 Å². The van der Waals surface area contributed by atoms with Crippen LogP contribution < -0.4 is 5.32 Å². The van der Waals surface area contributed by atoms with Crippen molar-refractivity contribution in [3.05, 3.63) is 108 Å². The first-order valence-corrected chi connectivity index (χ1v) is 8.78. The van der Waals surface area contributed by atoms with Gasteiger partial charge in [0.2, 0.25) is 0 Å². The SMILES string of the molecule is O=C(NCc1cccc(-c2ccc(C3OC=CO3)cc2)c1)c1ccccc1. The summed E-state index contributed by atoms with van der Waals surface area (Å²) < 4.78 is 10.7. The van der Waals surface area contributed by atoms with Crippen LogP contribution in [0.15, 0.2) is 91.4 Å². The number of amides is 1. The Morgan fingerprint density at radius 3 is 2.30 bits per heavy atom. The number of carbonyl (C=O) groups excluding carboxylic acids is 1. The zero-order chi connectivity index (χ0) is 18.5. The molecular weight excluding hydrogens is 338 g/mol. The van der Waals surface area contributed by atoms with Gasteiger partial charge < -0.3 is 14.8 Å². The smallest absolute Gasteiger partial charge is 0.266 e. The molecule has 0 atom stereocenters. The van der Waals surface area contributed by atoms with Gasteiger partial charge >= 0.3 is 0 Å². The van der Waals surface area contributed by atoms with Crippen LogP contribution in [0.4, 0.5) is 0 Å². The third-order valence-electron chi connectivity index (χ3n) is 4.39. The molecule has 1 N–H and O–H groups in total. The summed E-state index contributed by atoms with van der Waals surface area (Å²) in [6, 6.07) is 25.5. The minimum atomic E-state index is -0.362. The van der Waals surface area contributed by atoms with Crippen molar-refractivity contribution in [1.29, 1.82) is 0 Å². The molecule has 3 aromatic carbocycles. The zero-order valence-corrected chi connectivity index (χ0v) is 14.7. The van der Waals surface area contributed by atoms with Gasteiger partial charge in [-0.25, -0.2) is 0 Å². The topological polar surface area (TPSA) is 47.6 Å². The second-order valence-electron chi connectivity index (χ2n) is 6.25. The van der Waals surface area contributed by atoms with Gasteiger partial charge in [0, 0.05) is 17.7 Å². The molecule has 0 aromatic heterocycles. The molecule has 4 heteroatoms. The van der Waals surface area contributed by atoms with Crippen LogP contribution in [-0.2, 0) is 16.0 Å². The van der Waals surface area contributed by atoms with Crippen molar-refractivity contribution in [3.8, 4) is 11.1 Å². The molecule has 0 bridgehead atoms. The van der Waals surface area contributed by atoms with E-state index in [1.54, 1.807) is 24.7 Å². The molecule has 0 saturated carbocycles. The van der Waals surface area contributed by atoms with E-state index in [0.29, 0.717) is 12.1 Å². The molecule has 0 saturated heterocycles. The van der Waals surface area contributed by atoms with Crippen molar-refractivity contribution >= 4 is 5.91 Å². The van der Waals surface area contributed by atoms with Crippen LogP contribution >= 0.6 is 0 Å². The molecule has 4 nitrogen and oxygen atoms in total. The highest BCUT2D eigenvalue weighted by Gasteiger charge is 2.15. The number of hydrogen-bond donors (Lipinski definition) is 1. The molecule has 3 aromatic rings. The molecule has 1 amide bonds.